The molecule has 1 N–H and O–H groups in total. The van der Waals surface area contributed by atoms with Gasteiger partial charge in [0.25, 0.3) is 0 Å². The smallest absolute Gasteiger partial charge is 0.126 e. The number of rotatable bonds is 6. The Labute approximate surface area is 116 Å². The fourth-order valence-electron chi connectivity index (χ4n) is 2.26. The van der Waals surface area contributed by atoms with Crippen molar-refractivity contribution in [3.63, 3.8) is 0 Å². The zero-order chi connectivity index (χ0) is 14.5. The summed E-state index contributed by atoms with van der Waals surface area (Å²) in [7, 11) is 0. The number of aliphatic hydroxyl groups excluding tert-OH is 1. The van der Waals surface area contributed by atoms with Gasteiger partial charge in [0, 0.05) is 31.4 Å². The highest BCUT2D eigenvalue weighted by atomic mass is 19.1. The van der Waals surface area contributed by atoms with Crippen LogP contribution in [-0.4, -0.2) is 20.8 Å². The predicted molar refractivity (Wildman–Crippen MR) is 72.3 cm³/mol. The number of halogens is 2. The standard InChI is InChI=1S/C15H18F2N2O/c1-2-4-19-5-3-18-15(19)10-14(20)8-11-6-12(16)9-13(17)7-11/h3,5-7,9,14,20H,2,4,8,10H2,1H3. The maximum Gasteiger partial charge on any atom is 0.126 e. The molecule has 0 aliphatic heterocycles. The van der Waals surface area contributed by atoms with Crippen molar-refractivity contribution in [1.29, 1.82) is 0 Å². The molecule has 20 heavy (non-hydrogen) atoms. The average molecular weight is 280 g/mol. The first-order chi connectivity index (χ1) is 9.58. The quantitative estimate of drug-likeness (QED) is 0.883. The van der Waals surface area contributed by atoms with E-state index >= 15 is 0 Å². The van der Waals surface area contributed by atoms with Crippen LogP contribution in [0.1, 0.15) is 24.7 Å². The Morgan fingerprint density at radius 1 is 1.20 bits per heavy atom. The predicted octanol–water partition coefficient (Wildman–Crippen LogP) is 2.72. The molecule has 3 nitrogen and oxygen atoms in total. The maximum atomic E-state index is 13.1. The molecule has 1 atom stereocenters. The second-order valence-corrected chi connectivity index (χ2v) is 4.88. The highest BCUT2D eigenvalue weighted by Gasteiger charge is 2.12. The van der Waals surface area contributed by atoms with Gasteiger partial charge in [-0.25, -0.2) is 13.8 Å². The van der Waals surface area contributed by atoms with Gasteiger partial charge in [-0.1, -0.05) is 6.92 Å². The van der Waals surface area contributed by atoms with E-state index in [1.54, 1.807) is 6.20 Å². The van der Waals surface area contributed by atoms with Crippen molar-refractivity contribution in [2.75, 3.05) is 0 Å². The zero-order valence-electron chi connectivity index (χ0n) is 11.4. The summed E-state index contributed by atoms with van der Waals surface area (Å²) in [6.45, 7) is 2.91. The maximum absolute atomic E-state index is 13.1. The van der Waals surface area contributed by atoms with Crippen LogP contribution in [0.4, 0.5) is 8.78 Å². The normalized spacial score (nSPS) is 12.6. The summed E-state index contributed by atoms with van der Waals surface area (Å²) in [5.74, 6) is -0.462. The molecule has 0 radical (unpaired) electrons. The van der Waals surface area contributed by atoms with Gasteiger partial charge in [-0.05, 0) is 30.5 Å². The Morgan fingerprint density at radius 2 is 1.90 bits per heavy atom. The lowest BCUT2D eigenvalue weighted by Crippen LogP contribution is -2.17. The molecule has 1 heterocycles. The van der Waals surface area contributed by atoms with Crippen LogP contribution >= 0.6 is 0 Å². The van der Waals surface area contributed by atoms with Crippen LogP contribution in [-0.2, 0) is 19.4 Å². The lowest BCUT2D eigenvalue weighted by molar-refractivity contribution is 0.171. The van der Waals surface area contributed by atoms with Crippen LogP contribution in [0.3, 0.4) is 0 Å². The Hall–Kier alpha value is -1.75. The molecule has 1 aromatic heterocycles. The van der Waals surface area contributed by atoms with Crippen LogP contribution in [0, 0.1) is 11.6 Å². The molecule has 0 saturated heterocycles. The number of hydrogen-bond acceptors (Lipinski definition) is 2. The number of aryl methyl sites for hydroxylation is 1. The lowest BCUT2D eigenvalue weighted by atomic mass is 10.1. The molecule has 108 valence electrons. The largest absolute Gasteiger partial charge is 0.392 e. The molecule has 0 bridgehead atoms. The zero-order valence-corrected chi connectivity index (χ0v) is 11.4. The third-order valence-corrected chi connectivity index (χ3v) is 3.08. The molecule has 0 fully saturated rings. The molecule has 0 spiro atoms. The molecule has 0 amide bonds. The minimum Gasteiger partial charge on any atom is -0.392 e. The Morgan fingerprint density at radius 3 is 2.55 bits per heavy atom. The van der Waals surface area contributed by atoms with Gasteiger partial charge in [-0.3, -0.25) is 0 Å². The van der Waals surface area contributed by atoms with Crippen molar-refractivity contribution in [1.82, 2.24) is 9.55 Å². The second kappa shape index (κ2) is 6.61. The first-order valence-corrected chi connectivity index (χ1v) is 6.71. The van der Waals surface area contributed by atoms with Crippen molar-refractivity contribution in [3.8, 4) is 0 Å². The van der Waals surface area contributed by atoms with Crippen molar-refractivity contribution in [3.05, 3.63) is 53.6 Å². The molecule has 5 heteroatoms. The highest BCUT2D eigenvalue weighted by Crippen LogP contribution is 2.12. The van der Waals surface area contributed by atoms with Crippen molar-refractivity contribution in [2.45, 2.75) is 38.8 Å². The summed E-state index contributed by atoms with van der Waals surface area (Å²) < 4.78 is 28.1. The SMILES string of the molecule is CCCn1ccnc1CC(O)Cc1cc(F)cc(F)c1. The van der Waals surface area contributed by atoms with Crippen LogP contribution in [0.15, 0.2) is 30.6 Å². The summed E-state index contributed by atoms with van der Waals surface area (Å²) in [6.07, 6.45) is 4.40. The van der Waals surface area contributed by atoms with E-state index in [-0.39, 0.29) is 6.42 Å². The topological polar surface area (TPSA) is 38.0 Å². The van der Waals surface area contributed by atoms with Crippen LogP contribution in [0.25, 0.3) is 0 Å². The van der Waals surface area contributed by atoms with E-state index in [4.69, 9.17) is 0 Å². The number of imidazole rings is 1. The third kappa shape index (κ3) is 3.87. The number of nitrogens with zero attached hydrogens (tertiary/aromatic N) is 2. The fraction of sp³-hybridized carbons (Fsp3) is 0.400. The van der Waals surface area contributed by atoms with Crippen molar-refractivity contribution in [2.24, 2.45) is 0 Å². The van der Waals surface area contributed by atoms with E-state index < -0.39 is 17.7 Å². The Balaban J connectivity index is 2.01. The summed E-state index contributed by atoms with van der Waals surface area (Å²) in [5.41, 5.74) is 0.448. The van der Waals surface area contributed by atoms with Gasteiger partial charge in [0.05, 0.1) is 6.10 Å². The molecular formula is C15H18F2N2O. The van der Waals surface area contributed by atoms with Gasteiger partial charge in [0.1, 0.15) is 17.5 Å². The van der Waals surface area contributed by atoms with Crippen LogP contribution < -0.4 is 0 Å². The molecular weight excluding hydrogens is 262 g/mol. The van der Waals surface area contributed by atoms with E-state index in [0.717, 1.165) is 24.9 Å². The monoisotopic (exact) mass is 280 g/mol. The first-order valence-electron chi connectivity index (χ1n) is 6.71. The molecule has 2 aromatic rings. The van der Waals surface area contributed by atoms with Gasteiger partial charge in [0.15, 0.2) is 0 Å². The van der Waals surface area contributed by atoms with E-state index in [0.29, 0.717) is 12.0 Å². The van der Waals surface area contributed by atoms with Crippen LogP contribution in [0.2, 0.25) is 0 Å². The molecule has 0 saturated carbocycles. The van der Waals surface area contributed by atoms with Gasteiger partial charge in [-0.15, -0.1) is 0 Å². The summed E-state index contributed by atoms with van der Waals surface area (Å²) in [6, 6.07) is 3.31. The summed E-state index contributed by atoms with van der Waals surface area (Å²) in [5, 5.41) is 10.1. The molecule has 0 aliphatic rings. The van der Waals surface area contributed by atoms with E-state index in [1.165, 1.54) is 12.1 Å². The minimum absolute atomic E-state index is 0.202. The van der Waals surface area contributed by atoms with E-state index in [2.05, 4.69) is 11.9 Å². The first kappa shape index (κ1) is 14.7. The Bertz CT molecular complexity index is 549. The van der Waals surface area contributed by atoms with E-state index in [1.807, 2.05) is 10.8 Å². The van der Waals surface area contributed by atoms with Gasteiger partial charge in [-0.2, -0.15) is 0 Å². The number of hydrogen-bond donors (Lipinski definition) is 1. The number of benzene rings is 1. The van der Waals surface area contributed by atoms with Crippen molar-refractivity contribution < 1.29 is 13.9 Å². The summed E-state index contributed by atoms with van der Waals surface area (Å²) in [4.78, 5) is 4.21. The molecule has 1 unspecified atom stereocenters. The number of aromatic nitrogens is 2. The number of aliphatic hydroxyl groups is 1. The van der Waals surface area contributed by atoms with Gasteiger partial charge in [0.2, 0.25) is 0 Å². The van der Waals surface area contributed by atoms with Crippen molar-refractivity contribution >= 4 is 0 Å². The van der Waals surface area contributed by atoms with E-state index in [9.17, 15) is 13.9 Å². The minimum atomic E-state index is -0.714. The van der Waals surface area contributed by atoms with Gasteiger partial charge >= 0.3 is 0 Å². The molecule has 1 aromatic carbocycles. The lowest BCUT2D eigenvalue weighted by Gasteiger charge is -2.12. The average Bonchev–Trinajstić information content (AvgIpc) is 2.75. The third-order valence-electron chi connectivity index (χ3n) is 3.08. The van der Waals surface area contributed by atoms with Gasteiger partial charge < -0.3 is 9.67 Å². The molecule has 2 rings (SSSR count). The fourth-order valence-corrected chi connectivity index (χ4v) is 2.26. The highest BCUT2D eigenvalue weighted by molar-refractivity contribution is 5.18. The second-order valence-electron chi connectivity index (χ2n) is 4.88. The van der Waals surface area contributed by atoms with Crippen LogP contribution in [0.5, 0.6) is 0 Å². The Kier molecular flexibility index (Phi) is 4.84. The molecule has 0 aliphatic carbocycles. The summed E-state index contributed by atoms with van der Waals surface area (Å²) >= 11 is 0.